The third-order valence-corrected chi connectivity index (χ3v) is 3.19. The van der Waals surface area contributed by atoms with Crippen LogP contribution in [0.4, 0.5) is 0 Å². The van der Waals surface area contributed by atoms with E-state index < -0.39 is 0 Å². The van der Waals surface area contributed by atoms with E-state index in [-0.39, 0.29) is 11.9 Å². The van der Waals surface area contributed by atoms with Crippen LogP contribution in [0.2, 0.25) is 0 Å². The third-order valence-electron chi connectivity index (χ3n) is 3.19. The van der Waals surface area contributed by atoms with Crippen LogP contribution < -0.4 is 14.8 Å². The number of benzene rings is 1. The van der Waals surface area contributed by atoms with Crippen molar-refractivity contribution in [3.05, 3.63) is 29.8 Å². The molecule has 0 aliphatic carbocycles. The first-order valence-corrected chi connectivity index (χ1v) is 6.85. The summed E-state index contributed by atoms with van der Waals surface area (Å²) >= 11 is 0. The van der Waals surface area contributed by atoms with Crippen LogP contribution in [0.15, 0.2) is 24.3 Å². The molecule has 0 radical (unpaired) electrons. The second-order valence-electron chi connectivity index (χ2n) is 4.46. The summed E-state index contributed by atoms with van der Waals surface area (Å²) in [4.78, 5) is 11.8. The Balaban J connectivity index is 2.76. The van der Waals surface area contributed by atoms with Gasteiger partial charge >= 0.3 is 0 Å². The molecule has 1 aromatic carbocycles. The first-order chi connectivity index (χ1) is 9.64. The average molecular weight is 277 g/mol. The fourth-order valence-electron chi connectivity index (χ4n) is 1.86. The fourth-order valence-corrected chi connectivity index (χ4v) is 1.86. The summed E-state index contributed by atoms with van der Waals surface area (Å²) in [7, 11) is 3.20. The minimum absolute atomic E-state index is 0.0865. The Bertz CT molecular complexity index is 465. The third kappa shape index (κ3) is 4.61. The molecule has 1 N–H and O–H groups in total. The van der Waals surface area contributed by atoms with E-state index in [2.05, 4.69) is 19.2 Å². The number of amides is 1. The normalized spacial score (nSPS) is 10.8. The lowest BCUT2D eigenvalue weighted by Gasteiger charge is -2.12. The first-order valence-electron chi connectivity index (χ1n) is 6.85. The maximum Gasteiger partial charge on any atom is 0.244 e. The molecule has 0 saturated carbocycles. The summed E-state index contributed by atoms with van der Waals surface area (Å²) < 4.78 is 10.4. The molecule has 0 atom stereocenters. The van der Waals surface area contributed by atoms with E-state index in [0.717, 1.165) is 24.2 Å². The summed E-state index contributed by atoms with van der Waals surface area (Å²) in [5.41, 5.74) is 0.841. The lowest BCUT2D eigenvalue weighted by molar-refractivity contribution is -0.117. The molecule has 0 spiro atoms. The van der Waals surface area contributed by atoms with Crippen molar-refractivity contribution in [1.29, 1.82) is 0 Å². The highest BCUT2D eigenvalue weighted by Crippen LogP contribution is 2.25. The Morgan fingerprint density at radius 2 is 1.95 bits per heavy atom. The Morgan fingerprint density at radius 3 is 2.50 bits per heavy atom. The summed E-state index contributed by atoms with van der Waals surface area (Å²) in [5.74, 6) is 1.31. The van der Waals surface area contributed by atoms with Crippen LogP contribution in [0, 0.1) is 0 Å². The van der Waals surface area contributed by atoms with Crippen molar-refractivity contribution in [3.8, 4) is 11.5 Å². The van der Waals surface area contributed by atoms with E-state index in [0.29, 0.717) is 5.75 Å². The van der Waals surface area contributed by atoms with Crippen LogP contribution in [0.1, 0.15) is 32.3 Å². The monoisotopic (exact) mass is 277 g/mol. The molecule has 1 amide bonds. The zero-order valence-electron chi connectivity index (χ0n) is 12.6. The summed E-state index contributed by atoms with van der Waals surface area (Å²) in [6.45, 7) is 4.12. The summed E-state index contributed by atoms with van der Waals surface area (Å²) in [6.07, 6.45) is 5.14. The number of ether oxygens (including phenoxy) is 2. The van der Waals surface area contributed by atoms with Gasteiger partial charge in [0.15, 0.2) is 0 Å². The van der Waals surface area contributed by atoms with Gasteiger partial charge in [-0.1, -0.05) is 13.8 Å². The van der Waals surface area contributed by atoms with E-state index in [1.54, 1.807) is 26.4 Å². The molecular weight excluding hydrogens is 254 g/mol. The van der Waals surface area contributed by atoms with Crippen LogP contribution in [0.3, 0.4) is 0 Å². The molecule has 4 heteroatoms. The zero-order chi connectivity index (χ0) is 15.0. The molecule has 0 heterocycles. The van der Waals surface area contributed by atoms with Crippen molar-refractivity contribution >= 4 is 12.0 Å². The number of carbonyl (C=O) groups excluding carboxylic acids is 1. The van der Waals surface area contributed by atoms with Crippen LogP contribution in [0.5, 0.6) is 11.5 Å². The van der Waals surface area contributed by atoms with Crippen molar-refractivity contribution in [2.45, 2.75) is 32.7 Å². The Hall–Kier alpha value is -1.97. The highest BCUT2D eigenvalue weighted by Gasteiger charge is 2.06. The molecule has 0 aliphatic rings. The molecule has 0 aliphatic heterocycles. The van der Waals surface area contributed by atoms with E-state index in [1.165, 1.54) is 6.08 Å². The quantitative estimate of drug-likeness (QED) is 0.779. The molecular formula is C16H23NO3. The van der Waals surface area contributed by atoms with E-state index >= 15 is 0 Å². The predicted molar refractivity (Wildman–Crippen MR) is 81.1 cm³/mol. The number of hydrogen-bond donors (Lipinski definition) is 1. The standard InChI is InChI=1S/C16H23NO3/c1-5-13(6-2)17-16(18)10-8-12-7-9-14(19-3)11-15(12)20-4/h7-11,13H,5-6H2,1-4H3,(H,17,18)/b10-8+. The summed E-state index contributed by atoms with van der Waals surface area (Å²) in [6, 6.07) is 5.71. The molecule has 0 bridgehead atoms. The minimum Gasteiger partial charge on any atom is -0.497 e. The van der Waals surface area contributed by atoms with Gasteiger partial charge in [0.05, 0.1) is 14.2 Å². The van der Waals surface area contributed by atoms with Gasteiger partial charge in [-0.3, -0.25) is 4.79 Å². The van der Waals surface area contributed by atoms with Crippen molar-refractivity contribution in [2.24, 2.45) is 0 Å². The lowest BCUT2D eigenvalue weighted by Crippen LogP contribution is -2.32. The van der Waals surface area contributed by atoms with Gasteiger partial charge in [0, 0.05) is 23.7 Å². The molecule has 0 aromatic heterocycles. The predicted octanol–water partition coefficient (Wildman–Crippen LogP) is 3.02. The van der Waals surface area contributed by atoms with Crippen molar-refractivity contribution < 1.29 is 14.3 Å². The van der Waals surface area contributed by atoms with E-state index in [4.69, 9.17) is 9.47 Å². The molecule has 1 aromatic rings. The molecule has 20 heavy (non-hydrogen) atoms. The van der Waals surface area contributed by atoms with Gasteiger partial charge in [0.25, 0.3) is 0 Å². The Labute approximate surface area is 120 Å². The summed E-state index contributed by atoms with van der Waals surface area (Å²) in [5, 5.41) is 2.96. The van der Waals surface area contributed by atoms with Gasteiger partial charge in [0.1, 0.15) is 11.5 Å². The average Bonchev–Trinajstić information content (AvgIpc) is 2.50. The Morgan fingerprint density at radius 1 is 1.25 bits per heavy atom. The topological polar surface area (TPSA) is 47.6 Å². The smallest absolute Gasteiger partial charge is 0.244 e. The maximum atomic E-state index is 11.8. The van der Waals surface area contributed by atoms with Crippen molar-refractivity contribution in [1.82, 2.24) is 5.32 Å². The number of rotatable bonds is 7. The number of hydrogen-bond acceptors (Lipinski definition) is 3. The number of methoxy groups -OCH3 is 2. The van der Waals surface area contributed by atoms with Crippen LogP contribution in [-0.4, -0.2) is 26.2 Å². The molecule has 110 valence electrons. The largest absolute Gasteiger partial charge is 0.497 e. The number of nitrogens with one attached hydrogen (secondary N) is 1. The molecule has 4 nitrogen and oxygen atoms in total. The van der Waals surface area contributed by atoms with Gasteiger partial charge in [-0.05, 0) is 31.1 Å². The van der Waals surface area contributed by atoms with Crippen molar-refractivity contribution in [3.63, 3.8) is 0 Å². The maximum absolute atomic E-state index is 11.8. The lowest BCUT2D eigenvalue weighted by atomic mass is 10.1. The molecule has 0 saturated heterocycles. The Kier molecular flexibility index (Phi) is 6.64. The minimum atomic E-state index is -0.0865. The van der Waals surface area contributed by atoms with Gasteiger partial charge < -0.3 is 14.8 Å². The van der Waals surface area contributed by atoms with Crippen LogP contribution >= 0.6 is 0 Å². The van der Waals surface area contributed by atoms with Gasteiger partial charge in [-0.25, -0.2) is 0 Å². The molecule has 1 rings (SSSR count). The van der Waals surface area contributed by atoms with Crippen molar-refractivity contribution in [2.75, 3.05) is 14.2 Å². The van der Waals surface area contributed by atoms with E-state index in [1.807, 2.05) is 12.1 Å². The van der Waals surface area contributed by atoms with Gasteiger partial charge in [-0.15, -0.1) is 0 Å². The molecule has 0 unspecified atom stereocenters. The van der Waals surface area contributed by atoms with Crippen LogP contribution in [-0.2, 0) is 4.79 Å². The second-order valence-corrected chi connectivity index (χ2v) is 4.46. The fraction of sp³-hybridized carbons (Fsp3) is 0.438. The SMILES string of the molecule is CCC(CC)NC(=O)/C=C/c1ccc(OC)cc1OC. The highest BCUT2D eigenvalue weighted by atomic mass is 16.5. The zero-order valence-corrected chi connectivity index (χ0v) is 12.6. The van der Waals surface area contributed by atoms with E-state index in [9.17, 15) is 4.79 Å². The van der Waals surface area contributed by atoms with Gasteiger partial charge in [0.2, 0.25) is 5.91 Å². The highest BCUT2D eigenvalue weighted by molar-refractivity contribution is 5.92. The van der Waals surface area contributed by atoms with Crippen LogP contribution in [0.25, 0.3) is 6.08 Å². The molecule has 0 fully saturated rings. The van der Waals surface area contributed by atoms with Gasteiger partial charge in [-0.2, -0.15) is 0 Å². The first kappa shape index (κ1) is 16.1. The second kappa shape index (κ2) is 8.25. The number of carbonyl (C=O) groups is 1.